The first kappa shape index (κ1) is 32.7. The molecule has 1 atom stereocenters. The van der Waals surface area contributed by atoms with Crippen molar-refractivity contribution in [2.24, 2.45) is 0 Å². The topological polar surface area (TPSA) is 139 Å². The Morgan fingerprint density at radius 1 is 1.09 bits per heavy atom. The summed E-state index contributed by atoms with van der Waals surface area (Å²) in [5.74, 6) is -0.538. The highest BCUT2D eigenvalue weighted by Gasteiger charge is 2.34. The molecule has 2 amide bonds. The third-order valence-corrected chi connectivity index (χ3v) is 9.72. The Labute approximate surface area is 262 Å². The Bertz CT molecular complexity index is 1630. The van der Waals surface area contributed by atoms with Gasteiger partial charge in [-0.25, -0.2) is 8.42 Å². The molecule has 44 heavy (non-hydrogen) atoms. The summed E-state index contributed by atoms with van der Waals surface area (Å²) in [4.78, 5) is 39.4. The molecule has 1 fully saturated rings. The van der Waals surface area contributed by atoms with E-state index in [-0.39, 0.29) is 40.3 Å². The van der Waals surface area contributed by atoms with Gasteiger partial charge in [-0.2, -0.15) is 0 Å². The molecule has 0 aromatic heterocycles. The quantitative estimate of drug-likeness (QED) is 0.211. The summed E-state index contributed by atoms with van der Waals surface area (Å²) in [5.41, 5.74) is 0.704. The van der Waals surface area contributed by atoms with E-state index < -0.39 is 33.4 Å². The van der Waals surface area contributed by atoms with Crippen molar-refractivity contribution in [1.82, 2.24) is 10.2 Å². The van der Waals surface area contributed by atoms with Crippen molar-refractivity contribution in [3.8, 4) is 5.75 Å². The van der Waals surface area contributed by atoms with Gasteiger partial charge in [-0.3, -0.25) is 24.0 Å². The monoisotopic (exact) mass is 642 g/mol. The van der Waals surface area contributed by atoms with Crippen LogP contribution in [0.1, 0.15) is 43.7 Å². The van der Waals surface area contributed by atoms with Crippen LogP contribution in [0.3, 0.4) is 0 Å². The van der Waals surface area contributed by atoms with E-state index in [0.717, 1.165) is 36.1 Å². The van der Waals surface area contributed by atoms with Crippen LogP contribution in [-0.2, 0) is 26.2 Å². The zero-order chi connectivity index (χ0) is 32.0. The van der Waals surface area contributed by atoms with Gasteiger partial charge in [0, 0.05) is 29.2 Å². The molecule has 4 rings (SSSR count). The number of nitrogens with one attached hydrogen (secondary N) is 1. The van der Waals surface area contributed by atoms with Crippen LogP contribution in [0.2, 0.25) is 5.02 Å². The molecule has 13 heteroatoms. The van der Waals surface area contributed by atoms with Crippen LogP contribution in [0.15, 0.2) is 71.6 Å². The van der Waals surface area contributed by atoms with Gasteiger partial charge in [-0.1, -0.05) is 42.6 Å². The number of anilines is 1. The number of nitrogens with zero attached hydrogens (tertiary/aromatic N) is 3. The molecule has 1 aliphatic carbocycles. The highest BCUT2D eigenvalue weighted by Crippen LogP contribution is 2.30. The zero-order valence-electron chi connectivity index (χ0n) is 24.7. The van der Waals surface area contributed by atoms with Gasteiger partial charge in [0.1, 0.15) is 18.3 Å². The van der Waals surface area contributed by atoms with Gasteiger partial charge in [0.15, 0.2) is 0 Å². The average Bonchev–Trinajstić information content (AvgIpc) is 3.51. The number of hydrogen-bond acceptors (Lipinski definition) is 7. The summed E-state index contributed by atoms with van der Waals surface area (Å²) < 4.78 is 34.2. The molecule has 1 saturated carbocycles. The summed E-state index contributed by atoms with van der Waals surface area (Å²) in [6.07, 6.45) is 3.73. The SMILES string of the molecule is COc1ccc(N(CC(=O)N(Cc2cccc(Cl)c2)[C@H](C)C(=O)NC2CCCC2)S(=O)(=O)c2ccc(C)c([N+](=O)[O-])c2)cc1. The number of carbonyl (C=O) groups excluding carboxylic acids is 2. The van der Waals surface area contributed by atoms with Crippen LogP contribution in [0.5, 0.6) is 5.75 Å². The maximum absolute atomic E-state index is 14.1. The first-order chi connectivity index (χ1) is 20.9. The molecule has 0 radical (unpaired) electrons. The van der Waals surface area contributed by atoms with E-state index in [0.29, 0.717) is 16.3 Å². The lowest BCUT2D eigenvalue weighted by molar-refractivity contribution is -0.385. The molecule has 0 bridgehead atoms. The van der Waals surface area contributed by atoms with Crippen molar-refractivity contribution in [2.45, 2.75) is 63.1 Å². The number of benzene rings is 3. The molecule has 0 saturated heterocycles. The second kappa shape index (κ2) is 14.1. The average molecular weight is 643 g/mol. The molecule has 234 valence electrons. The number of nitro benzene ring substituents is 1. The molecule has 0 aliphatic heterocycles. The van der Waals surface area contributed by atoms with Crippen molar-refractivity contribution in [1.29, 1.82) is 0 Å². The lowest BCUT2D eigenvalue weighted by atomic mass is 10.1. The number of sulfonamides is 1. The Hall–Kier alpha value is -4.16. The third kappa shape index (κ3) is 7.67. The third-order valence-electron chi connectivity index (χ3n) is 7.72. The summed E-state index contributed by atoms with van der Waals surface area (Å²) in [6, 6.07) is 15.5. The van der Waals surface area contributed by atoms with E-state index in [1.807, 2.05) is 0 Å². The number of nitro groups is 1. The molecular formula is C31H35ClN4O7S. The normalized spacial score (nSPS) is 14.1. The molecule has 1 N–H and O–H groups in total. The van der Waals surface area contributed by atoms with E-state index in [2.05, 4.69) is 5.32 Å². The maximum Gasteiger partial charge on any atom is 0.273 e. The minimum atomic E-state index is -4.50. The van der Waals surface area contributed by atoms with Crippen LogP contribution in [0.25, 0.3) is 0 Å². The van der Waals surface area contributed by atoms with E-state index in [9.17, 15) is 28.1 Å². The van der Waals surface area contributed by atoms with E-state index >= 15 is 0 Å². The van der Waals surface area contributed by atoms with Crippen molar-refractivity contribution in [3.05, 3.63) is 93.0 Å². The van der Waals surface area contributed by atoms with Crippen LogP contribution in [0, 0.1) is 17.0 Å². The van der Waals surface area contributed by atoms with Crippen molar-refractivity contribution in [3.63, 3.8) is 0 Å². The Morgan fingerprint density at radius 2 is 1.77 bits per heavy atom. The van der Waals surface area contributed by atoms with E-state index in [1.165, 1.54) is 43.2 Å². The number of carbonyl (C=O) groups is 2. The van der Waals surface area contributed by atoms with Gasteiger partial charge >= 0.3 is 0 Å². The smallest absolute Gasteiger partial charge is 0.273 e. The van der Waals surface area contributed by atoms with Crippen LogP contribution in [-0.4, -0.2) is 55.8 Å². The lowest BCUT2D eigenvalue weighted by Crippen LogP contribution is -2.52. The standard InChI is InChI=1S/C31H35ClN4O7S/c1-21-11-16-28(18-29(21)36(39)40)44(41,42)35(26-12-14-27(43-3)15-13-26)20-30(37)34(19-23-7-6-8-24(32)17-23)22(2)31(38)33-25-9-4-5-10-25/h6-8,11-18,22,25H,4-5,9-10,19-20H2,1-3H3,(H,33,38)/t22-/m1/s1. The van der Waals surface area contributed by atoms with Gasteiger partial charge in [0.2, 0.25) is 11.8 Å². The van der Waals surface area contributed by atoms with Gasteiger partial charge in [0.25, 0.3) is 15.7 Å². The van der Waals surface area contributed by atoms with E-state index in [1.54, 1.807) is 43.3 Å². The van der Waals surface area contributed by atoms with Crippen molar-refractivity contribution < 1.29 is 27.7 Å². The molecule has 0 unspecified atom stereocenters. The number of amides is 2. The molecule has 3 aromatic rings. The first-order valence-electron chi connectivity index (χ1n) is 14.2. The number of ether oxygens (including phenoxy) is 1. The second-order valence-electron chi connectivity index (χ2n) is 10.7. The number of hydrogen-bond donors (Lipinski definition) is 1. The van der Waals surface area contributed by atoms with Gasteiger partial charge in [-0.15, -0.1) is 0 Å². The predicted molar refractivity (Wildman–Crippen MR) is 167 cm³/mol. The van der Waals surface area contributed by atoms with Crippen LogP contribution >= 0.6 is 11.6 Å². The van der Waals surface area contributed by atoms with Crippen LogP contribution < -0.4 is 14.4 Å². The van der Waals surface area contributed by atoms with Gasteiger partial charge in [0.05, 0.1) is 22.6 Å². The lowest BCUT2D eigenvalue weighted by Gasteiger charge is -2.32. The minimum Gasteiger partial charge on any atom is -0.497 e. The van der Waals surface area contributed by atoms with Crippen LogP contribution in [0.4, 0.5) is 11.4 Å². The molecule has 1 aliphatic rings. The Balaban J connectivity index is 1.73. The Morgan fingerprint density at radius 3 is 2.39 bits per heavy atom. The minimum absolute atomic E-state index is 0.00878. The predicted octanol–water partition coefficient (Wildman–Crippen LogP) is 5.24. The van der Waals surface area contributed by atoms with Gasteiger partial charge in [-0.05, 0) is 74.7 Å². The van der Waals surface area contributed by atoms with Crippen molar-refractivity contribution >= 4 is 44.8 Å². The number of aryl methyl sites for hydroxylation is 1. The fourth-order valence-electron chi connectivity index (χ4n) is 5.16. The Kier molecular flexibility index (Phi) is 10.5. The second-order valence-corrected chi connectivity index (χ2v) is 13.0. The fraction of sp³-hybridized carbons (Fsp3) is 0.355. The number of halogens is 1. The molecule has 11 nitrogen and oxygen atoms in total. The molecule has 0 spiro atoms. The maximum atomic E-state index is 14.1. The van der Waals surface area contributed by atoms with E-state index in [4.69, 9.17) is 16.3 Å². The highest BCUT2D eigenvalue weighted by molar-refractivity contribution is 7.92. The molecular weight excluding hydrogens is 608 g/mol. The number of rotatable bonds is 12. The summed E-state index contributed by atoms with van der Waals surface area (Å²) >= 11 is 6.20. The summed E-state index contributed by atoms with van der Waals surface area (Å²) in [5, 5.41) is 15.1. The van der Waals surface area contributed by atoms with Crippen molar-refractivity contribution in [2.75, 3.05) is 18.0 Å². The summed E-state index contributed by atoms with van der Waals surface area (Å²) in [7, 11) is -3.04. The summed E-state index contributed by atoms with van der Waals surface area (Å²) in [6.45, 7) is 2.41. The first-order valence-corrected chi connectivity index (χ1v) is 16.0. The number of methoxy groups -OCH3 is 1. The van der Waals surface area contributed by atoms with Gasteiger partial charge < -0.3 is 15.0 Å². The fourth-order valence-corrected chi connectivity index (χ4v) is 6.80. The zero-order valence-corrected chi connectivity index (χ0v) is 26.3. The molecule has 0 heterocycles. The largest absolute Gasteiger partial charge is 0.497 e. The highest BCUT2D eigenvalue weighted by atomic mass is 35.5. The molecule has 3 aromatic carbocycles.